The van der Waals surface area contributed by atoms with E-state index in [9.17, 15) is 14.9 Å². The fraction of sp³-hybridized carbons (Fsp3) is 0.211. The molecule has 0 saturated heterocycles. The number of nitro benzene ring substituents is 1. The second-order valence-electron chi connectivity index (χ2n) is 6.19. The van der Waals surface area contributed by atoms with Gasteiger partial charge in [-0.25, -0.2) is 0 Å². The van der Waals surface area contributed by atoms with E-state index >= 15 is 0 Å². The lowest BCUT2D eigenvalue weighted by atomic mass is 10.00. The van der Waals surface area contributed by atoms with Crippen molar-refractivity contribution in [2.24, 2.45) is 0 Å². The largest absolute Gasteiger partial charge is 0.324 e. The summed E-state index contributed by atoms with van der Waals surface area (Å²) in [5.41, 5.74) is 2.47. The minimum atomic E-state index is -0.533. The zero-order chi connectivity index (χ0) is 18.5. The Kier molecular flexibility index (Phi) is 5.65. The van der Waals surface area contributed by atoms with Gasteiger partial charge in [0.15, 0.2) is 6.54 Å². The highest BCUT2D eigenvalue weighted by molar-refractivity contribution is 6.31. The average Bonchev–Trinajstić information content (AvgIpc) is 2.63. The minimum Gasteiger partial charge on any atom is -0.324 e. The molecule has 7 heteroatoms. The van der Waals surface area contributed by atoms with Crippen LogP contribution in [0.15, 0.2) is 54.6 Å². The number of benzene rings is 2. The molecule has 2 aromatic carbocycles. The number of nitro groups is 1. The van der Waals surface area contributed by atoms with Crippen molar-refractivity contribution in [3.63, 3.8) is 0 Å². The first-order valence-electron chi connectivity index (χ1n) is 8.35. The average molecular weight is 373 g/mol. The van der Waals surface area contributed by atoms with Gasteiger partial charge in [-0.05, 0) is 29.3 Å². The Labute approximate surface area is 156 Å². The summed E-state index contributed by atoms with van der Waals surface area (Å²) in [6.45, 7) is 1.84. The third kappa shape index (κ3) is 4.47. The number of hydrogen-bond acceptors (Lipinski definition) is 3. The molecule has 0 saturated carbocycles. The highest BCUT2D eigenvalue weighted by atomic mass is 35.5. The van der Waals surface area contributed by atoms with Gasteiger partial charge in [-0.1, -0.05) is 41.9 Å². The van der Waals surface area contributed by atoms with Gasteiger partial charge < -0.3 is 10.2 Å². The van der Waals surface area contributed by atoms with Crippen molar-refractivity contribution in [1.82, 2.24) is 0 Å². The molecule has 3 rings (SSSR count). The van der Waals surface area contributed by atoms with Crippen molar-refractivity contribution < 1.29 is 14.6 Å². The lowest BCUT2D eigenvalue weighted by Crippen LogP contribution is -3.13. The van der Waals surface area contributed by atoms with E-state index in [0.717, 1.165) is 24.4 Å². The molecule has 2 aromatic rings. The molecule has 0 spiro atoms. The third-order valence-electron chi connectivity index (χ3n) is 4.37. The van der Waals surface area contributed by atoms with E-state index in [1.54, 1.807) is 0 Å². The van der Waals surface area contributed by atoms with E-state index in [1.165, 1.54) is 29.3 Å². The molecule has 134 valence electrons. The summed E-state index contributed by atoms with van der Waals surface area (Å²) in [7, 11) is 0. The van der Waals surface area contributed by atoms with Gasteiger partial charge in [-0.2, -0.15) is 0 Å². The van der Waals surface area contributed by atoms with Crippen LogP contribution in [0.4, 0.5) is 11.4 Å². The number of nitrogens with one attached hydrogen (secondary N) is 2. The van der Waals surface area contributed by atoms with Crippen molar-refractivity contribution in [1.29, 1.82) is 0 Å². The summed E-state index contributed by atoms with van der Waals surface area (Å²) in [5.74, 6) is -0.262. The molecule has 26 heavy (non-hydrogen) atoms. The smallest absolute Gasteiger partial charge is 0.292 e. The van der Waals surface area contributed by atoms with Gasteiger partial charge in [-0.3, -0.25) is 14.9 Å². The van der Waals surface area contributed by atoms with E-state index in [1.807, 2.05) is 18.2 Å². The lowest BCUT2D eigenvalue weighted by molar-refractivity contribution is -0.886. The summed E-state index contributed by atoms with van der Waals surface area (Å²) < 4.78 is 0. The van der Waals surface area contributed by atoms with Crippen molar-refractivity contribution in [3.8, 4) is 0 Å². The van der Waals surface area contributed by atoms with Crippen LogP contribution in [0.2, 0.25) is 5.02 Å². The molecule has 2 N–H and O–H groups in total. The Morgan fingerprint density at radius 3 is 2.65 bits per heavy atom. The minimum absolute atomic E-state index is 0.129. The number of amides is 1. The fourth-order valence-electron chi connectivity index (χ4n) is 3.05. The van der Waals surface area contributed by atoms with Gasteiger partial charge in [0, 0.05) is 17.5 Å². The van der Waals surface area contributed by atoms with Crippen LogP contribution in [0, 0.1) is 10.1 Å². The van der Waals surface area contributed by atoms with Crippen LogP contribution >= 0.6 is 11.6 Å². The highest BCUT2D eigenvalue weighted by Gasteiger charge is 2.21. The zero-order valence-electron chi connectivity index (χ0n) is 14.1. The van der Waals surface area contributed by atoms with Crippen LogP contribution < -0.4 is 10.2 Å². The van der Waals surface area contributed by atoms with Gasteiger partial charge in [0.2, 0.25) is 0 Å². The summed E-state index contributed by atoms with van der Waals surface area (Å²) in [6, 6.07) is 14.3. The second kappa shape index (κ2) is 8.12. The monoisotopic (exact) mass is 372 g/mol. The first kappa shape index (κ1) is 18.1. The number of carbonyl (C=O) groups is 1. The summed E-state index contributed by atoms with van der Waals surface area (Å²) in [6.07, 6.45) is 3.05. The van der Waals surface area contributed by atoms with Crippen LogP contribution in [0.3, 0.4) is 0 Å². The zero-order valence-corrected chi connectivity index (χ0v) is 14.8. The molecule has 0 fully saturated rings. The van der Waals surface area contributed by atoms with Crippen molar-refractivity contribution >= 4 is 34.5 Å². The quantitative estimate of drug-likeness (QED) is 0.625. The Morgan fingerprint density at radius 1 is 1.23 bits per heavy atom. The molecule has 1 aliphatic heterocycles. The molecule has 0 bridgehead atoms. The van der Waals surface area contributed by atoms with E-state index in [4.69, 9.17) is 11.6 Å². The molecule has 1 amide bonds. The van der Waals surface area contributed by atoms with E-state index in [2.05, 4.69) is 23.5 Å². The van der Waals surface area contributed by atoms with Crippen LogP contribution in [-0.4, -0.2) is 30.5 Å². The van der Waals surface area contributed by atoms with Crippen molar-refractivity contribution in [2.75, 3.05) is 25.0 Å². The molecular formula is C19H19ClN3O3+. The Hall–Kier alpha value is -2.70. The van der Waals surface area contributed by atoms with Crippen LogP contribution in [0.25, 0.3) is 5.57 Å². The Morgan fingerprint density at radius 2 is 2.00 bits per heavy atom. The Bertz CT molecular complexity index is 852. The second-order valence-corrected chi connectivity index (χ2v) is 6.63. The first-order valence-corrected chi connectivity index (χ1v) is 8.72. The normalized spacial score (nSPS) is 16.7. The predicted octanol–water partition coefficient (Wildman–Crippen LogP) is 2.56. The Balaban J connectivity index is 1.61. The molecule has 1 heterocycles. The molecule has 1 atom stereocenters. The maximum Gasteiger partial charge on any atom is 0.292 e. The molecule has 1 aliphatic rings. The number of nitrogens with zero attached hydrogens (tertiary/aromatic N) is 1. The van der Waals surface area contributed by atoms with Crippen LogP contribution in [-0.2, 0) is 4.79 Å². The van der Waals surface area contributed by atoms with Gasteiger partial charge in [-0.15, -0.1) is 0 Å². The summed E-state index contributed by atoms with van der Waals surface area (Å²) in [4.78, 5) is 24.0. The first-order chi connectivity index (χ1) is 12.5. The number of anilines is 1. The SMILES string of the molecule is O=C(C[NH+]1CC=C(c2ccccc2)CC1)Nc1cc(Cl)ccc1[N+](=O)[O-]. The topological polar surface area (TPSA) is 76.7 Å². The molecule has 6 nitrogen and oxygen atoms in total. The van der Waals surface area contributed by atoms with Crippen molar-refractivity contribution in [2.45, 2.75) is 6.42 Å². The van der Waals surface area contributed by atoms with Gasteiger partial charge in [0.25, 0.3) is 11.6 Å². The summed E-state index contributed by atoms with van der Waals surface area (Å²) in [5, 5.41) is 14.0. The van der Waals surface area contributed by atoms with Crippen LogP contribution in [0.5, 0.6) is 0 Å². The molecule has 0 aliphatic carbocycles. The highest BCUT2D eigenvalue weighted by Crippen LogP contribution is 2.27. The number of rotatable bonds is 5. The van der Waals surface area contributed by atoms with Crippen LogP contribution in [0.1, 0.15) is 12.0 Å². The predicted molar refractivity (Wildman–Crippen MR) is 101 cm³/mol. The maximum atomic E-state index is 12.3. The molecular weight excluding hydrogens is 354 g/mol. The number of halogens is 1. The van der Waals surface area contributed by atoms with Gasteiger partial charge >= 0.3 is 0 Å². The molecule has 0 radical (unpaired) electrons. The van der Waals surface area contributed by atoms with Gasteiger partial charge in [0.1, 0.15) is 5.69 Å². The molecule has 1 unspecified atom stereocenters. The fourth-order valence-corrected chi connectivity index (χ4v) is 3.22. The van der Waals surface area contributed by atoms with E-state index in [0.29, 0.717) is 5.02 Å². The third-order valence-corrected chi connectivity index (χ3v) is 4.60. The van der Waals surface area contributed by atoms with Gasteiger partial charge in [0.05, 0.1) is 18.0 Å². The number of quaternary nitrogens is 1. The summed E-state index contributed by atoms with van der Waals surface area (Å²) >= 11 is 5.88. The standard InChI is InChI=1S/C19H18ClN3O3/c20-16-6-7-18(23(25)26)17(12-16)21-19(24)13-22-10-8-15(9-11-22)14-4-2-1-3-5-14/h1-8,12H,9-11,13H2,(H,21,24)/p+1. The van der Waals surface area contributed by atoms with E-state index in [-0.39, 0.29) is 23.8 Å². The lowest BCUT2D eigenvalue weighted by Gasteiger charge is -2.23. The van der Waals surface area contributed by atoms with E-state index < -0.39 is 4.92 Å². The van der Waals surface area contributed by atoms with Crippen molar-refractivity contribution in [3.05, 3.63) is 75.3 Å². The number of hydrogen-bond donors (Lipinski definition) is 2. The maximum absolute atomic E-state index is 12.3. The molecule has 0 aromatic heterocycles. The number of carbonyl (C=O) groups excluding carboxylic acids is 1.